The van der Waals surface area contributed by atoms with Crippen molar-refractivity contribution in [1.29, 1.82) is 0 Å². The molecule has 1 aliphatic rings. The largest absolute Gasteiger partial charge is 0.496 e. The smallest absolute Gasteiger partial charge is 0.308 e. The van der Waals surface area contributed by atoms with E-state index in [1.54, 1.807) is 12.0 Å². The highest BCUT2D eigenvalue weighted by Crippen LogP contribution is 2.27. The van der Waals surface area contributed by atoms with Crippen molar-refractivity contribution in [3.63, 3.8) is 0 Å². The van der Waals surface area contributed by atoms with Gasteiger partial charge in [-0.3, -0.25) is 9.59 Å². The number of benzene rings is 1. The number of methoxy groups -OCH3 is 1. The fourth-order valence-corrected chi connectivity index (χ4v) is 3.36. The number of rotatable bonds is 6. The Morgan fingerprint density at radius 2 is 2.09 bits per heavy atom. The van der Waals surface area contributed by atoms with E-state index in [9.17, 15) is 9.59 Å². The van der Waals surface area contributed by atoms with Crippen LogP contribution in [-0.4, -0.2) is 41.6 Å². The van der Waals surface area contributed by atoms with Crippen LogP contribution in [0, 0.1) is 11.8 Å². The van der Waals surface area contributed by atoms with Gasteiger partial charge >= 0.3 is 5.97 Å². The molecule has 5 heteroatoms. The second-order valence-electron chi connectivity index (χ2n) is 6.39. The molecule has 126 valence electrons. The van der Waals surface area contributed by atoms with Crippen LogP contribution in [0.15, 0.2) is 24.3 Å². The van der Waals surface area contributed by atoms with E-state index in [0.717, 1.165) is 17.7 Å². The highest BCUT2D eigenvalue weighted by molar-refractivity contribution is 5.79. The molecule has 0 spiro atoms. The third-order valence-corrected chi connectivity index (χ3v) is 4.68. The highest BCUT2D eigenvalue weighted by atomic mass is 16.5. The maximum Gasteiger partial charge on any atom is 0.308 e. The zero-order valence-electron chi connectivity index (χ0n) is 14.0. The molecule has 1 fully saturated rings. The fourth-order valence-electron chi connectivity index (χ4n) is 3.36. The van der Waals surface area contributed by atoms with Crippen LogP contribution >= 0.6 is 0 Å². The minimum absolute atomic E-state index is 0.0450. The lowest BCUT2D eigenvalue weighted by Gasteiger charge is -2.25. The molecule has 1 aromatic rings. The quantitative estimate of drug-likeness (QED) is 0.875. The Morgan fingerprint density at radius 3 is 2.70 bits per heavy atom. The van der Waals surface area contributed by atoms with Crippen LogP contribution in [0.3, 0.4) is 0 Å². The van der Waals surface area contributed by atoms with E-state index in [0.29, 0.717) is 19.4 Å². The molecule has 0 aromatic heterocycles. The Morgan fingerprint density at radius 1 is 1.39 bits per heavy atom. The molecule has 1 aromatic carbocycles. The van der Waals surface area contributed by atoms with E-state index in [2.05, 4.69) is 0 Å². The van der Waals surface area contributed by atoms with Crippen molar-refractivity contribution in [2.75, 3.05) is 13.7 Å². The van der Waals surface area contributed by atoms with Gasteiger partial charge in [0.05, 0.1) is 13.0 Å². The first kappa shape index (κ1) is 17.3. The number of hydrogen-bond acceptors (Lipinski definition) is 3. The Balaban J connectivity index is 1.94. The van der Waals surface area contributed by atoms with Crippen LogP contribution < -0.4 is 4.74 Å². The van der Waals surface area contributed by atoms with Crippen molar-refractivity contribution >= 4 is 11.9 Å². The average molecular weight is 319 g/mol. The Bertz CT molecular complexity index is 572. The number of para-hydroxylation sites is 1. The molecule has 0 bridgehead atoms. The minimum Gasteiger partial charge on any atom is -0.496 e. The summed E-state index contributed by atoms with van der Waals surface area (Å²) in [5, 5.41) is 9.17. The Labute approximate surface area is 137 Å². The van der Waals surface area contributed by atoms with Crippen LogP contribution in [0.1, 0.15) is 32.3 Å². The molecule has 0 radical (unpaired) electrons. The Kier molecular flexibility index (Phi) is 5.64. The molecular formula is C18H25NO4. The van der Waals surface area contributed by atoms with Crippen molar-refractivity contribution in [2.45, 2.75) is 39.2 Å². The minimum atomic E-state index is -0.810. The van der Waals surface area contributed by atoms with E-state index < -0.39 is 11.9 Å². The number of aliphatic carboxylic acids is 1. The number of ether oxygens (including phenoxy) is 1. The molecule has 2 rings (SSSR count). The molecule has 0 aliphatic carbocycles. The standard InChI is InChI=1S/C18H25NO4/c1-12(10-14-6-4-5-7-16(14)23-3)11-17(20)19-9-8-15(13(19)2)18(21)22/h4-7,12-13,15H,8-11H2,1-3H3,(H,21,22). The van der Waals surface area contributed by atoms with Gasteiger partial charge in [-0.05, 0) is 37.3 Å². The number of hydrogen-bond donors (Lipinski definition) is 1. The van der Waals surface area contributed by atoms with Gasteiger partial charge in [0.15, 0.2) is 0 Å². The molecule has 3 unspecified atom stereocenters. The van der Waals surface area contributed by atoms with Gasteiger partial charge < -0.3 is 14.7 Å². The van der Waals surface area contributed by atoms with Crippen LogP contribution in [0.2, 0.25) is 0 Å². The molecule has 1 N–H and O–H groups in total. The van der Waals surface area contributed by atoms with Crippen molar-refractivity contribution in [2.24, 2.45) is 11.8 Å². The Hall–Kier alpha value is -2.04. The van der Waals surface area contributed by atoms with Crippen LogP contribution in [0.5, 0.6) is 5.75 Å². The zero-order valence-corrected chi connectivity index (χ0v) is 14.0. The molecule has 23 heavy (non-hydrogen) atoms. The summed E-state index contributed by atoms with van der Waals surface area (Å²) >= 11 is 0. The summed E-state index contributed by atoms with van der Waals surface area (Å²) in [5.41, 5.74) is 1.09. The van der Waals surface area contributed by atoms with Crippen LogP contribution in [0.4, 0.5) is 0 Å². The maximum absolute atomic E-state index is 12.5. The van der Waals surface area contributed by atoms with E-state index in [4.69, 9.17) is 9.84 Å². The van der Waals surface area contributed by atoms with Gasteiger partial charge in [0, 0.05) is 19.0 Å². The van der Waals surface area contributed by atoms with Crippen molar-refractivity contribution < 1.29 is 19.4 Å². The van der Waals surface area contributed by atoms with E-state index in [1.165, 1.54) is 0 Å². The molecule has 5 nitrogen and oxygen atoms in total. The van der Waals surface area contributed by atoms with E-state index >= 15 is 0 Å². The summed E-state index contributed by atoms with van der Waals surface area (Å²) in [6.07, 6.45) is 1.73. The number of carbonyl (C=O) groups is 2. The first-order chi connectivity index (χ1) is 10.9. The molecule has 3 atom stereocenters. The lowest BCUT2D eigenvalue weighted by Crippen LogP contribution is -2.38. The van der Waals surface area contributed by atoms with Gasteiger partial charge in [0.2, 0.25) is 5.91 Å². The second kappa shape index (κ2) is 7.49. The predicted octanol–water partition coefficient (Wildman–Crippen LogP) is 2.59. The lowest BCUT2D eigenvalue weighted by atomic mass is 9.96. The first-order valence-electron chi connectivity index (χ1n) is 8.08. The predicted molar refractivity (Wildman–Crippen MR) is 87.4 cm³/mol. The number of likely N-dealkylation sites (tertiary alicyclic amines) is 1. The molecule has 1 saturated heterocycles. The summed E-state index contributed by atoms with van der Waals surface area (Å²) in [6, 6.07) is 7.60. The van der Waals surface area contributed by atoms with Crippen molar-refractivity contribution in [3.8, 4) is 5.75 Å². The molecule has 1 aliphatic heterocycles. The third kappa shape index (κ3) is 4.03. The fraction of sp³-hybridized carbons (Fsp3) is 0.556. The van der Waals surface area contributed by atoms with E-state index in [1.807, 2.05) is 38.1 Å². The van der Waals surface area contributed by atoms with Gasteiger partial charge in [0.25, 0.3) is 0 Å². The summed E-state index contributed by atoms with van der Waals surface area (Å²) in [7, 11) is 1.65. The second-order valence-corrected chi connectivity index (χ2v) is 6.39. The van der Waals surface area contributed by atoms with Crippen LogP contribution in [0.25, 0.3) is 0 Å². The van der Waals surface area contributed by atoms with Gasteiger partial charge in [-0.25, -0.2) is 0 Å². The number of carboxylic acids is 1. The lowest BCUT2D eigenvalue weighted by molar-refractivity contribution is -0.143. The van der Waals surface area contributed by atoms with Gasteiger partial charge in [0.1, 0.15) is 5.75 Å². The number of nitrogens with zero attached hydrogens (tertiary/aromatic N) is 1. The highest BCUT2D eigenvalue weighted by Gasteiger charge is 2.38. The van der Waals surface area contributed by atoms with Gasteiger partial charge in [-0.1, -0.05) is 25.1 Å². The molecular weight excluding hydrogens is 294 g/mol. The number of amides is 1. The van der Waals surface area contributed by atoms with Crippen molar-refractivity contribution in [1.82, 2.24) is 4.90 Å². The van der Waals surface area contributed by atoms with Crippen molar-refractivity contribution in [3.05, 3.63) is 29.8 Å². The average Bonchev–Trinajstić information content (AvgIpc) is 2.89. The summed E-state index contributed by atoms with van der Waals surface area (Å²) in [4.78, 5) is 25.4. The number of carboxylic acid groups (broad SMARTS) is 1. The normalized spacial score (nSPS) is 22.0. The summed E-state index contributed by atoms with van der Waals surface area (Å²) in [5.74, 6) is -0.191. The number of carbonyl (C=O) groups excluding carboxylic acids is 1. The summed E-state index contributed by atoms with van der Waals surface area (Å²) < 4.78 is 5.35. The molecule has 0 saturated carbocycles. The topological polar surface area (TPSA) is 66.8 Å². The van der Waals surface area contributed by atoms with Gasteiger partial charge in [-0.15, -0.1) is 0 Å². The molecule has 1 amide bonds. The third-order valence-electron chi connectivity index (χ3n) is 4.68. The van der Waals surface area contributed by atoms with Gasteiger partial charge in [-0.2, -0.15) is 0 Å². The van der Waals surface area contributed by atoms with Crippen LogP contribution in [-0.2, 0) is 16.0 Å². The molecule has 1 heterocycles. The van der Waals surface area contributed by atoms with E-state index in [-0.39, 0.29) is 17.9 Å². The maximum atomic E-state index is 12.5. The first-order valence-corrected chi connectivity index (χ1v) is 8.08. The SMILES string of the molecule is COc1ccccc1CC(C)CC(=O)N1CCC(C(=O)O)C1C. The monoisotopic (exact) mass is 319 g/mol. The zero-order chi connectivity index (χ0) is 17.0. The summed E-state index contributed by atoms with van der Waals surface area (Å²) in [6.45, 7) is 4.41.